The van der Waals surface area contributed by atoms with E-state index in [0.717, 1.165) is 0 Å². The third-order valence-electron chi connectivity index (χ3n) is 1.32. The van der Waals surface area contributed by atoms with Crippen LogP contribution in [0.1, 0.15) is 20.8 Å². The van der Waals surface area contributed by atoms with E-state index in [9.17, 15) is 5.11 Å². The van der Waals surface area contributed by atoms with E-state index in [2.05, 4.69) is 13.8 Å². The predicted octanol–water partition coefficient (Wildman–Crippen LogP) is 2.02. The summed E-state index contributed by atoms with van der Waals surface area (Å²) in [5.41, 5.74) is 1.19. The average molecular weight is 113 g/mol. The van der Waals surface area contributed by atoms with Crippen molar-refractivity contribution in [2.45, 2.75) is 20.8 Å². The summed E-state index contributed by atoms with van der Waals surface area (Å²) in [4.78, 5) is 0. The second-order valence-electron chi connectivity index (χ2n) is 2.27. The molecule has 0 aliphatic rings. The highest BCUT2D eigenvalue weighted by Crippen LogP contribution is 2.05. The maximum atomic E-state index is 9.97. The van der Waals surface area contributed by atoms with Crippen LogP contribution >= 0.6 is 0 Å². The Balaban J connectivity index is 3.61. The van der Waals surface area contributed by atoms with Crippen molar-refractivity contribution in [1.29, 1.82) is 0 Å². The summed E-state index contributed by atoms with van der Waals surface area (Å²) in [6, 6.07) is 0. The summed E-state index contributed by atoms with van der Waals surface area (Å²) in [5, 5.41) is 9.97. The van der Waals surface area contributed by atoms with Crippen LogP contribution in [0.15, 0.2) is 11.6 Å². The average Bonchev–Trinajstić information content (AvgIpc) is 1.67. The van der Waals surface area contributed by atoms with Crippen molar-refractivity contribution in [1.82, 2.24) is 0 Å². The highest BCUT2D eigenvalue weighted by molar-refractivity contribution is 5.00. The predicted molar refractivity (Wildman–Crippen MR) is 34.1 cm³/mol. The molecule has 0 aliphatic carbocycles. The molecule has 0 spiro atoms. The van der Waals surface area contributed by atoms with E-state index in [1.807, 2.05) is 6.92 Å². The van der Waals surface area contributed by atoms with Gasteiger partial charge in [0.25, 0.3) is 0 Å². The first kappa shape index (κ1) is 7.70. The third kappa shape index (κ3) is 2.80. The fourth-order valence-corrected chi connectivity index (χ4v) is 0.367. The fraction of sp³-hybridized carbons (Fsp3) is 0.714. The van der Waals surface area contributed by atoms with Gasteiger partial charge in [-0.05, 0) is 12.8 Å². The molecule has 1 radical (unpaired) electrons. The van der Waals surface area contributed by atoms with Crippen molar-refractivity contribution in [2.75, 3.05) is 6.61 Å². The summed E-state index contributed by atoms with van der Waals surface area (Å²) in [6.45, 7) is 6.08. The minimum atomic E-state index is -0.0794. The fourth-order valence-electron chi connectivity index (χ4n) is 0.367. The van der Waals surface area contributed by atoms with E-state index in [4.69, 9.17) is 0 Å². The van der Waals surface area contributed by atoms with E-state index >= 15 is 0 Å². The van der Waals surface area contributed by atoms with Crippen LogP contribution in [0.25, 0.3) is 0 Å². The van der Waals surface area contributed by atoms with Gasteiger partial charge in [-0.15, -0.1) is 0 Å². The lowest BCUT2D eigenvalue weighted by atomic mass is 10.1. The molecule has 0 aliphatic heterocycles. The molecule has 47 valence electrons. The third-order valence-corrected chi connectivity index (χ3v) is 1.32. The monoisotopic (exact) mass is 113 g/mol. The molecule has 1 nitrogen and oxygen atoms in total. The summed E-state index contributed by atoms with van der Waals surface area (Å²) in [7, 11) is 0. The lowest BCUT2D eigenvalue weighted by molar-refractivity contribution is 0.231. The number of hydrogen-bond donors (Lipinski definition) is 0. The van der Waals surface area contributed by atoms with E-state index in [0.29, 0.717) is 5.92 Å². The summed E-state index contributed by atoms with van der Waals surface area (Å²) in [5.74, 6) is 0.531. The quantitative estimate of drug-likeness (QED) is 0.488. The van der Waals surface area contributed by atoms with E-state index < -0.39 is 0 Å². The molecule has 1 heteroatoms. The first-order valence-electron chi connectivity index (χ1n) is 2.93. The smallest absolute Gasteiger partial charge is 0.101 e. The van der Waals surface area contributed by atoms with Crippen LogP contribution < -0.4 is 0 Å². The molecule has 0 bridgehead atoms. The highest BCUT2D eigenvalue weighted by Gasteiger charge is 1.92. The molecule has 0 saturated carbocycles. The number of rotatable bonds is 2. The van der Waals surface area contributed by atoms with E-state index in [1.54, 1.807) is 6.08 Å². The van der Waals surface area contributed by atoms with Crippen molar-refractivity contribution in [2.24, 2.45) is 5.92 Å². The van der Waals surface area contributed by atoms with Gasteiger partial charge in [0.15, 0.2) is 0 Å². The molecule has 8 heavy (non-hydrogen) atoms. The molecule has 0 amide bonds. The highest BCUT2D eigenvalue weighted by atomic mass is 16.2. The zero-order valence-corrected chi connectivity index (χ0v) is 5.77. The van der Waals surface area contributed by atoms with Crippen LogP contribution in [-0.4, -0.2) is 6.61 Å². The Labute approximate surface area is 51.0 Å². The van der Waals surface area contributed by atoms with Gasteiger partial charge in [0.1, 0.15) is 6.61 Å². The maximum Gasteiger partial charge on any atom is 0.101 e. The summed E-state index contributed by atoms with van der Waals surface area (Å²) < 4.78 is 0. The lowest BCUT2D eigenvalue weighted by Crippen LogP contribution is -1.88. The van der Waals surface area contributed by atoms with Gasteiger partial charge in [-0.1, -0.05) is 25.5 Å². The molecule has 0 rings (SSSR count). The van der Waals surface area contributed by atoms with Crippen molar-refractivity contribution in [3.05, 3.63) is 11.6 Å². The molecule has 0 N–H and O–H groups in total. The molecule has 0 aromatic rings. The van der Waals surface area contributed by atoms with Crippen LogP contribution in [0.2, 0.25) is 0 Å². The zero-order chi connectivity index (χ0) is 6.57. The zero-order valence-electron chi connectivity index (χ0n) is 5.77. The van der Waals surface area contributed by atoms with Crippen LogP contribution in [-0.2, 0) is 5.11 Å². The Hall–Kier alpha value is -0.300. The van der Waals surface area contributed by atoms with E-state index in [1.165, 1.54) is 5.57 Å². The van der Waals surface area contributed by atoms with Gasteiger partial charge in [-0.25, -0.2) is 5.11 Å². The van der Waals surface area contributed by atoms with Gasteiger partial charge in [0, 0.05) is 0 Å². The topological polar surface area (TPSA) is 19.9 Å². The molecular weight excluding hydrogens is 100 g/mol. The van der Waals surface area contributed by atoms with Crippen LogP contribution in [0.5, 0.6) is 0 Å². The van der Waals surface area contributed by atoms with Gasteiger partial charge < -0.3 is 0 Å². The van der Waals surface area contributed by atoms with Gasteiger partial charge >= 0.3 is 0 Å². The molecule has 0 unspecified atom stereocenters. The molecule has 0 saturated heterocycles. The Morgan fingerprint density at radius 2 is 2.12 bits per heavy atom. The van der Waals surface area contributed by atoms with Gasteiger partial charge in [0.2, 0.25) is 0 Å². The minimum absolute atomic E-state index is 0.0794. The summed E-state index contributed by atoms with van der Waals surface area (Å²) in [6.07, 6.45) is 1.73. The first-order valence-corrected chi connectivity index (χ1v) is 2.93. The Morgan fingerprint density at radius 3 is 2.25 bits per heavy atom. The molecule has 0 atom stereocenters. The second-order valence-corrected chi connectivity index (χ2v) is 2.27. The molecule has 0 aromatic carbocycles. The standard InChI is InChI=1S/C7H13O/c1-6(2)7(3)4-5-8/h4,6H,5H2,1-3H3. The first-order chi connectivity index (χ1) is 3.68. The van der Waals surface area contributed by atoms with E-state index in [-0.39, 0.29) is 6.61 Å². The Kier molecular flexibility index (Phi) is 3.53. The maximum absolute atomic E-state index is 9.97. The second kappa shape index (κ2) is 3.67. The minimum Gasteiger partial charge on any atom is -0.232 e. The van der Waals surface area contributed by atoms with Gasteiger partial charge in [0.05, 0.1) is 0 Å². The Bertz CT molecular complexity index is 82.4. The van der Waals surface area contributed by atoms with Gasteiger partial charge in [-0.3, -0.25) is 0 Å². The molecule has 0 heterocycles. The van der Waals surface area contributed by atoms with Crippen molar-refractivity contribution in [3.8, 4) is 0 Å². The normalized spacial score (nSPS) is 12.9. The SMILES string of the molecule is CC(=CC[O])C(C)C. The van der Waals surface area contributed by atoms with Crippen LogP contribution in [0, 0.1) is 5.92 Å². The lowest BCUT2D eigenvalue weighted by Gasteiger charge is -2.01. The van der Waals surface area contributed by atoms with Crippen molar-refractivity contribution < 1.29 is 5.11 Å². The molecular formula is C7H13O. The largest absolute Gasteiger partial charge is 0.232 e. The molecule has 0 fully saturated rings. The van der Waals surface area contributed by atoms with Gasteiger partial charge in [-0.2, -0.15) is 0 Å². The Morgan fingerprint density at radius 1 is 1.62 bits per heavy atom. The number of allylic oxidation sites excluding steroid dienone is 1. The number of hydrogen-bond acceptors (Lipinski definition) is 0. The summed E-state index contributed by atoms with van der Waals surface area (Å²) >= 11 is 0. The molecule has 0 aromatic heterocycles. The van der Waals surface area contributed by atoms with Crippen molar-refractivity contribution in [3.63, 3.8) is 0 Å². The van der Waals surface area contributed by atoms with Crippen LogP contribution in [0.3, 0.4) is 0 Å². The van der Waals surface area contributed by atoms with Crippen LogP contribution in [0.4, 0.5) is 0 Å². The van der Waals surface area contributed by atoms with Crippen molar-refractivity contribution >= 4 is 0 Å².